The molecule has 0 radical (unpaired) electrons. The maximum Gasteiger partial charge on any atom is 0.252 e. The fourth-order valence-corrected chi connectivity index (χ4v) is 2.52. The predicted octanol–water partition coefficient (Wildman–Crippen LogP) is 1.38. The summed E-state index contributed by atoms with van der Waals surface area (Å²) in [7, 11) is 0. The number of rotatable bonds is 3. The van der Waals surface area contributed by atoms with E-state index in [9.17, 15) is 9.90 Å². The van der Waals surface area contributed by atoms with Gasteiger partial charge in [-0.2, -0.15) is 0 Å². The number of hydrogen-bond donors (Lipinski definition) is 2. The molecule has 0 heterocycles. The highest BCUT2D eigenvalue weighted by atomic mass is 16.3. The van der Waals surface area contributed by atoms with E-state index < -0.39 is 0 Å². The first-order valence-corrected chi connectivity index (χ1v) is 5.99. The average Bonchev–Trinajstić information content (AvgIpc) is 2.84. The molecule has 3 heteroatoms. The van der Waals surface area contributed by atoms with Gasteiger partial charge in [0.2, 0.25) is 0 Å². The van der Waals surface area contributed by atoms with Gasteiger partial charge in [0, 0.05) is 5.57 Å². The smallest absolute Gasteiger partial charge is 0.252 e. The van der Waals surface area contributed by atoms with Gasteiger partial charge in [0.25, 0.3) is 5.91 Å². The minimum atomic E-state index is -0.368. The molecule has 1 amide bonds. The van der Waals surface area contributed by atoms with Crippen LogP contribution in [0, 0.1) is 0 Å². The molecule has 0 aromatic carbocycles. The average molecular weight is 229 g/mol. The lowest BCUT2D eigenvalue weighted by molar-refractivity contribution is -0.121. The standard InChI is InChI=1S/C14H15NO2/c16-9-14(7-2-8-14)15-13(17)12-6-5-10-3-1-4-11(10)12/h1,3-6,16H,2,7-9H2,(H,15,17). The van der Waals surface area contributed by atoms with Crippen LogP contribution in [0.5, 0.6) is 0 Å². The van der Waals surface area contributed by atoms with E-state index >= 15 is 0 Å². The first-order valence-electron chi connectivity index (χ1n) is 5.99. The SMILES string of the molecule is O=C(NC1(CO)CCC1)C1=CC=C2C=CC=C21. The summed E-state index contributed by atoms with van der Waals surface area (Å²) in [5.41, 5.74) is 2.44. The fraction of sp³-hybridized carbons (Fsp3) is 0.357. The van der Waals surface area contributed by atoms with E-state index in [1.54, 1.807) is 0 Å². The third-order valence-electron chi connectivity index (χ3n) is 3.81. The van der Waals surface area contributed by atoms with Crippen molar-refractivity contribution >= 4 is 5.91 Å². The van der Waals surface area contributed by atoms with Crippen molar-refractivity contribution < 1.29 is 9.90 Å². The number of amides is 1. The van der Waals surface area contributed by atoms with Crippen LogP contribution in [-0.4, -0.2) is 23.2 Å². The number of carbonyl (C=O) groups excluding carboxylic acids is 1. The van der Waals surface area contributed by atoms with E-state index in [1.807, 2.05) is 30.4 Å². The second-order valence-electron chi connectivity index (χ2n) is 4.89. The lowest BCUT2D eigenvalue weighted by atomic mass is 9.77. The molecule has 88 valence electrons. The van der Waals surface area contributed by atoms with Gasteiger partial charge < -0.3 is 10.4 Å². The molecule has 3 aliphatic carbocycles. The molecule has 0 spiro atoms. The molecule has 2 N–H and O–H groups in total. The lowest BCUT2D eigenvalue weighted by Crippen LogP contribution is -2.56. The van der Waals surface area contributed by atoms with Crippen molar-refractivity contribution in [2.75, 3.05) is 6.61 Å². The van der Waals surface area contributed by atoms with Crippen molar-refractivity contribution in [3.05, 3.63) is 47.1 Å². The Kier molecular flexibility index (Phi) is 2.30. The number of hydrogen-bond acceptors (Lipinski definition) is 2. The summed E-state index contributed by atoms with van der Waals surface area (Å²) in [6, 6.07) is 0. The first-order chi connectivity index (χ1) is 8.24. The van der Waals surface area contributed by atoms with Gasteiger partial charge in [-0.05, 0) is 36.5 Å². The molecule has 1 fully saturated rings. The van der Waals surface area contributed by atoms with Gasteiger partial charge in [-0.1, -0.05) is 24.3 Å². The number of carbonyl (C=O) groups is 1. The van der Waals surface area contributed by atoms with E-state index in [-0.39, 0.29) is 18.1 Å². The fourth-order valence-electron chi connectivity index (χ4n) is 2.52. The summed E-state index contributed by atoms with van der Waals surface area (Å²) < 4.78 is 0. The minimum absolute atomic E-state index is 0.0314. The second-order valence-corrected chi connectivity index (χ2v) is 4.89. The Labute approximate surface area is 100 Å². The summed E-state index contributed by atoms with van der Waals surface area (Å²) in [4.78, 5) is 12.2. The molecular weight excluding hydrogens is 214 g/mol. The zero-order valence-corrected chi connectivity index (χ0v) is 9.57. The third-order valence-corrected chi connectivity index (χ3v) is 3.81. The number of aliphatic hydroxyl groups is 1. The largest absolute Gasteiger partial charge is 0.394 e. The summed E-state index contributed by atoms with van der Waals surface area (Å²) in [6.07, 6.45) is 12.5. The second kappa shape index (κ2) is 3.70. The van der Waals surface area contributed by atoms with Crippen LogP contribution in [0.1, 0.15) is 19.3 Å². The van der Waals surface area contributed by atoms with Crippen LogP contribution >= 0.6 is 0 Å². The van der Waals surface area contributed by atoms with Gasteiger partial charge >= 0.3 is 0 Å². The zero-order valence-electron chi connectivity index (χ0n) is 9.57. The minimum Gasteiger partial charge on any atom is -0.394 e. The van der Waals surface area contributed by atoms with Crippen molar-refractivity contribution in [1.29, 1.82) is 0 Å². The normalized spacial score (nSPS) is 23.5. The monoisotopic (exact) mass is 229 g/mol. The number of nitrogens with one attached hydrogen (secondary N) is 1. The number of allylic oxidation sites excluding steroid dienone is 6. The Morgan fingerprint density at radius 3 is 2.82 bits per heavy atom. The summed E-state index contributed by atoms with van der Waals surface area (Å²) in [5, 5.41) is 12.3. The number of fused-ring (bicyclic) bond motifs is 1. The Hall–Kier alpha value is -1.61. The molecule has 0 saturated heterocycles. The van der Waals surface area contributed by atoms with Gasteiger partial charge in [0.1, 0.15) is 0 Å². The van der Waals surface area contributed by atoms with E-state index in [0.29, 0.717) is 5.57 Å². The molecule has 0 aliphatic heterocycles. The van der Waals surface area contributed by atoms with Crippen molar-refractivity contribution in [1.82, 2.24) is 5.32 Å². The molecule has 3 nitrogen and oxygen atoms in total. The van der Waals surface area contributed by atoms with Crippen LogP contribution in [0.2, 0.25) is 0 Å². The third kappa shape index (κ3) is 1.58. The van der Waals surface area contributed by atoms with Gasteiger partial charge in [-0.25, -0.2) is 0 Å². The van der Waals surface area contributed by atoms with E-state index in [0.717, 1.165) is 30.4 Å². The van der Waals surface area contributed by atoms with Gasteiger partial charge in [-0.3, -0.25) is 4.79 Å². The summed E-state index contributed by atoms with van der Waals surface area (Å²) >= 11 is 0. The summed E-state index contributed by atoms with van der Waals surface area (Å²) in [6.45, 7) is 0.0314. The Bertz CT molecular complexity index is 485. The van der Waals surface area contributed by atoms with Crippen LogP contribution in [0.4, 0.5) is 0 Å². The molecule has 17 heavy (non-hydrogen) atoms. The van der Waals surface area contributed by atoms with Crippen molar-refractivity contribution in [3.8, 4) is 0 Å². The van der Waals surface area contributed by atoms with Crippen LogP contribution < -0.4 is 5.32 Å². The Morgan fingerprint density at radius 2 is 2.18 bits per heavy atom. The van der Waals surface area contributed by atoms with Crippen LogP contribution in [0.15, 0.2) is 47.1 Å². The maximum atomic E-state index is 12.2. The summed E-state index contributed by atoms with van der Waals surface area (Å²) in [5.74, 6) is -0.0695. The molecule has 1 saturated carbocycles. The van der Waals surface area contributed by atoms with Crippen LogP contribution in [0.3, 0.4) is 0 Å². The Morgan fingerprint density at radius 1 is 1.35 bits per heavy atom. The van der Waals surface area contributed by atoms with Gasteiger partial charge in [0.05, 0.1) is 12.1 Å². The predicted molar refractivity (Wildman–Crippen MR) is 65.2 cm³/mol. The molecule has 0 atom stereocenters. The van der Waals surface area contributed by atoms with E-state index in [1.165, 1.54) is 0 Å². The van der Waals surface area contributed by atoms with Crippen molar-refractivity contribution in [2.45, 2.75) is 24.8 Å². The topological polar surface area (TPSA) is 49.3 Å². The highest BCUT2D eigenvalue weighted by molar-refractivity contribution is 6.02. The highest BCUT2D eigenvalue weighted by Crippen LogP contribution is 2.34. The van der Waals surface area contributed by atoms with Gasteiger partial charge in [0.15, 0.2) is 0 Å². The quantitative estimate of drug-likeness (QED) is 0.768. The molecule has 0 unspecified atom stereocenters. The van der Waals surface area contributed by atoms with Crippen molar-refractivity contribution in [3.63, 3.8) is 0 Å². The Balaban J connectivity index is 1.73. The molecule has 3 rings (SSSR count). The lowest BCUT2D eigenvalue weighted by Gasteiger charge is -2.41. The molecule has 0 aromatic heterocycles. The van der Waals surface area contributed by atoms with E-state index in [2.05, 4.69) is 5.32 Å². The van der Waals surface area contributed by atoms with Crippen LogP contribution in [0.25, 0.3) is 0 Å². The maximum absolute atomic E-state index is 12.2. The van der Waals surface area contributed by atoms with E-state index in [4.69, 9.17) is 0 Å². The molecular formula is C14H15NO2. The highest BCUT2D eigenvalue weighted by Gasteiger charge is 2.38. The van der Waals surface area contributed by atoms with Gasteiger partial charge in [-0.15, -0.1) is 0 Å². The zero-order chi connectivity index (χ0) is 11.9. The molecule has 0 aromatic rings. The first kappa shape index (κ1) is 10.5. The van der Waals surface area contributed by atoms with Crippen molar-refractivity contribution in [2.24, 2.45) is 0 Å². The molecule has 0 bridgehead atoms. The number of aliphatic hydroxyl groups excluding tert-OH is 1. The molecule has 3 aliphatic rings. The van der Waals surface area contributed by atoms with Crippen LogP contribution in [-0.2, 0) is 4.79 Å².